The Kier molecular flexibility index (Phi) is 3.22. The van der Waals surface area contributed by atoms with Crippen LogP contribution in [0.4, 0.5) is 0 Å². The van der Waals surface area contributed by atoms with Crippen molar-refractivity contribution in [2.45, 2.75) is 12.6 Å². The van der Waals surface area contributed by atoms with Crippen molar-refractivity contribution in [2.75, 3.05) is 0 Å². The van der Waals surface area contributed by atoms with Gasteiger partial charge in [0, 0.05) is 6.20 Å². The predicted molar refractivity (Wildman–Crippen MR) is 51.6 cm³/mol. The molecule has 84 valence electrons. The molecule has 0 saturated carbocycles. The number of carboxylic acid groups (broad SMARTS) is 1. The van der Waals surface area contributed by atoms with Gasteiger partial charge in [0.25, 0.3) is 5.56 Å². The van der Waals surface area contributed by atoms with E-state index in [-0.39, 0.29) is 12.1 Å². The SMILES string of the molecule is N#Cc1cn(C[C@H](N)C(=O)O)c(=O)[nH]c1=O. The van der Waals surface area contributed by atoms with Gasteiger partial charge in [-0.2, -0.15) is 5.26 Å². The summed E-state index contributed by atoms with van der Waals surface area (Å²) < 4.78 is 0.874. The van der Waals surface area contributed by atoms with Gasteiger partial charge in [-0.15, -0.1) is 0 Å². The summed E-state index contributed by atoms with van der Waals surface area (Å²) in [6, 6.07) is 0.291. The summed E-state index contributed by atoms with van der Waals surface area (Å²) in [5.41, 5.74) is 3.32. The standard InChI is InChI=1S/C8H8N4O4/c9-1-4-2-12(3-5(10)7(14)15)8(16)11-6(4)13/h2,5H,3,10H2,(H,14,15)(H,11,13,16)/t5-/m0/s1. The molecule has 0 fully saturated rings. The Hall–Kier alpha value is -2.40. The summed E-state index contributed by atoms with van der Waals surface area (Å²) in [4.78, 5) is 34.6. The molecule has 0 unspecified atom stereocenters. The number of nitriles is 1. The highest BCUT2D eigenvalue weighted by molar-refractivity contribution is 5.72. The normalized spacial score (nSPS) is 11.8. The molecule has 0 aliphatic heterocycles. The number of nitrogens with zero attached hydrogens (tertiary/aromatic N) is 2. The van der Waals surface area contributed by atoms with Crippen LogP contribution in [-0.4, -0.2) is 26.7 Å². The molecule has 0 aromatic carbocycles. The summed E-state index contributed by atoms with van der Waals surface area (Å²) in [6.45, 7) is -0.320. The lowest BCUT2D eigenvalue weighted by Crippen LogP contribution is -2.40. The number of nitrogens with one attached hydrogen (secondary N) is 1. The van der Waals surface area contributed by atoms with Gasteiger partial charge < -0.3 is 10.8 Å². The smallest absolute Gasteiger partial charge is 0.328 e. The van der Waals surface area contributed by atoms with Gasteiger partial charge in [-0.25, -0.2) is 4.79 Å². The van der Waals surface area contributed by atoms with E-state index in [0.717, 1.165) is 10.8 Å². The maximum atomic E-state index is 11.2. The third-order valence-electron chi connectivity index (χ3n) is 1.84. The summed E-state index contributed by atoms with van der Waals surface area (Å²) in [7, 11) is 0. The third kappa shape index (κ3) is 2.34. The number of nitrogens with two attached hydrogens (primary N) is 1. The average Bonchev–Trinajstić information content (AvgIpc) is 2.21. The highest BCUT2D eigenvalue weighted by Crippen LogP contribution is 1.88. The zero-order valence-electron chi connectivity index (χ0n) is 8.01. The molecule has 8 nitrogen and oxygen atoms in total. The molecule has 0 spiro atoms. The molecule has 1 heterocycles. The topological polar surface area (TPSA) is 142 Å². The number of aromatic nitrogens is 2. The van der Waals surface area contributed by atoms with E-state index in [1.54, 1.807) is 6.07 Å². The number of aliphatic carboxylic acids is 1. The van der Waals surface area contributed by atoms with Crippen molar-refractivity contribution < 1.29 is 9.90 Å². The molecule has 0 aliphatic rings. The minimum atomic E-state index is -1.28. The molecule has 0 bridgehead atoms. The molecule has 0 amide bonds. The summed E-state index contributed by atoms with van der Waals surface area (Å²) >= 11 is 0. The Labute approximate surface area is 88.6 Å². The first-order chi connectivity index (χ1) is 7.45. The van der Waals surface area contributed by atoms with Crippen LogP contribution in [-0.2, 0) is 11.3 Å². The van der Waals surface area contributed by atoms with Crippen LogP contribution < -0.4 is 17.0 Å². The largest absolute Gasteiger partial charge is 0.480 e. The first-order valence-electron chi connectivity index (χ1n) is 4.18. The number of H-pyrrole nitrogens is 1. The lowest BCUT2D eigenvalue weighted by Gasteiger charge is -2.08. The number of carbonyl (C=O) groups is 1. The summed E-state index contributed by atoms with van der Waals surface area (Å²) in [6.07, 6.45) is 0.976. The molecule has 0 saturated heterocycles. The van der Waals surface area contributed by atoms with Crippen LogP contribution in [0.3, 0.4) is 0 Å². The van der Waals surface area contributed by atoms with E-state index in [9.17, 15) is 14.4 Å². The van der Waals surface area contributed by atoms with Gasteiger partial charge in [0.05, 0.1) is 6.54 Å². The molecular weight excluding hydrogens is 216 g/mol. The molecule has 4 N–H and O–H groups in total. The van der Waals surface area contributed by atoms with Crippen molar-refractivity contribution in [3.63, 3.8) is 0 Å². The van der Waals surface area contributed by atoms with Crippen molar-refractivity contribution in [1.82, 2.24) is 9.55 Å². The Bertz CT molecular complexity index is 565. The van der Waals surface area contributed by atoms with Gasteiger partial charge in [0.2, 0.25) is 0 Å². The monoisotopic (exact) mass is 224 g/mol. The number of rotatable bonds is 3. The van der Waals surface area contributed by atoms with E-state index in [0.29, 0.717) is 0 Å². The Balaban J connectivity index is 3.16. The van der Waals surface area contributed by atoms with Crippen LogP contribution >= 0.6 is 0 Å². The van der Waals surface area contributed by atoms with Gasteiger partial charge in [0.1, 0.15) is 17.7 Å². The quantitative estimate of drug-likeness (QED) is 0.532. The van der Waals surface area contributed by atoms with Crippen LogP contribution in [0.2, 0.25) is 0 Å². The highest BCUT2D eigenvalue weighted by Gasteiger charge is 2.14. The maximum Gasteiger partial charge on any atom is 0.328 e. The van der Waals surface area contributed by atoms with Crippen molar-refractivity contribution in [3.05, 3.63) is 32.6 Å². The fourth-order valence-electron chi connectivity index (χ4n) is 1.01. The van der Waals surface area contributed by atoms with Crippen molar-refractivity contribution in [3.8, 4) is 6.07 Å². The Morgan fingerprint density at radius 3 is 2.81 bits per heavy atom. The van der Waals surface area contributed by atoms with Crippen molar-refractivity contribution in [1.29, 1.82) is 5.26 Å². The van der Waals surface area contributed by atoms with E-state index in [2.05, 4.69) is 0 Å². The molecule has 0 radical (unpaired) electrons. The number of aromatic amines is 1. The number of hydrogen-bond acceptors (Lipinski definition) is 5. The van der Waals surface area contributed by atoms with E-state index >= 15 is 0 Å². The highest BCUT2D eigenvalue weighted by atomic mass is 16.4. The van der Waals surface area contributed by atoms with Gasteiger partial charge in [-0.3, -0.25) is 19.1 Å². The molecule has 16 heavy (non-hydrogen) atoms. The second kappa shape index (κ2) is 4.41. The van der Waals surface area contributed by atoms with Crippen LogP contribution in [0, 0.1) is 11.3 Å². The zero-order valence-corrected chi connectivity index (χ0v) is 8.01. The lowest BCUT2D eigenvalue weighted by atomic mass is 10.3. The molecule has 1 atom stereocenters. The lowest BCUT2D eigenvalue weighted by molar-refractivity contribution is -0.138. The van der Waals surface area contributed by atoms with Gasteiger partial charge in [0.15, 0.2) is 0 Å². The summed E-state index contributed by atoms with van der Waals surface area (Å²) in [5.74, 6) is -1.28. The number of hydrogen-bond donors (Lipinski definition) is 3. The third-order valence-corrected chi connectivity index (χ3v) is 1.84. The molecule has 1 aromatic heterocycles. The van der Waals surface area contributed by atoms with Gasteiger partial charge in [-0.05, 0) is 0 Å². The van der Waals surface area contributed by atoms with E-state index in [1.807, 2.05) is 4.98 Å². The fourth-order valence-corrected chi connectivity index (χ4v) is 1.01. The average molecular weight is 224 g/mol. The van der Waals surface area contributed by atoms with Crippen molar-refractivity contribution in [2.24, 2.45) is 5.73 Å². The first kappa shape index (κ1) is 11.7. The predicted octanol–water partition coefficient (Wildman–Crippen LogP) is -2.18. The minimum Gasteiger partial charge on any atom is -0.480 e. The molecule has 1 aromatic rings. The van der Waals surface area contributed by atoms with E-state index < -0.39 is 23.3 Å². The summed E-state index contributed by atoms with van der Waals surface area (Å²) in [5, 5.41) is 17.1. The Morgan fingerprint density at radius 2 is 2.31 bits per heavy atom. The van der Waals surface area contributed by atoms with E-state index in [1.165, 1.54) is 0 Å². The zero-order chi connectivity index (χ0) is 12.3. The molecule has 1 rings (SSSR count). The van der Waals surface area contributed by atoms with Crippen LogP contribution in [0.25, 0.3) is 0 Å². The van der Waals surface area contributed by atoms with Gasteiger partial charge >= 0.3 is 11.7 Å². The molecule has 0 aliphatic carbocycles. The first-order valence-corrected chi connectivity index (χ1v) is 4.18. The van der Waals surface area contributed by atoms with Crippen molar-refractivity contribution >= 4 is 5.97 Å². The van der Waals surface area contributed by atoms with E-state index in [4.69, 9.17) is 16.1 Å². The second-order valence-corrected chi connectivity index (χ2v) is 3.01. The fraction of sp³-hybridized carbons (Fsp3) is 0.250. The van der Waals surface area contributed by atoms with Gasteiger partial charge in [-0.1, -0.05) is 0 Å². The second-order valence-electron chi connectivity index (χ2n) is 3.01. The molecular formula is C8H8N4O4. The molecule has 8 heteroatoms. The minimum absolute atomic E-state index is 0.280. The van der Waals surface area contributed by atoms with Crippen LogP contribution in [0.1, 0.15) is 5.56 Å². The number of carboxylic acids is 1. The van der Waals surface area contributed by atoms with Crippen LogP contribution in [0.15, 0.2) is 15.8 Å². The van der Waals surface area contributed by atoms with Crippen LogP contribution in [0.5, 0.6) is 0 Å². The Morgan fingerprint density at radius 1 is 1.69 bits per heavy atom. The maximum absolute atomic E-state index is 11.2.